The van der Waals surface area contributed by atoms with Crippen molar-refractivity contribution in [3.8, 4) is 0 Å². The van der Waals surface area contributed by atoms with Gasteiger partial charge in [-0.05, 0) is 39.4 Å². The molecule has 0 spiro atoms. The van der Waals surface area contributed by atoms with Gasteiger partial charge in [0.25, 0.3) is 0 Å². The second kappa shape index (κ2) is 5.13. The Morgan fingerprint density at radius 3 is 2.00 bits per heavy atom. The van der Waals surface area contributed by atoms with Crippen molar-refractivity contribution >= 4 is 11.8 Å². The van der Waals surface area contributed by atoms with Crippen LogP contribution in [0.5, 0.6) is 0 Å². The van der Waals surface area contributed by atoms with Gasteiger partial charge in [-0.3, -0.25) is 0 Å². The summed E-state index contributed by atoms with van der Waals surface area (Å²) >= 11 is 1.89. The molecule has 0 heterocycles. The summed E-state index contributed by atoms with van der Waals surface area (Å²) in [6.45, 7) is 12.9. The van der Waals surface area contributed by atoms with E-state index in [1.54, 1.807) is 0 Å². The van der Waals surface area contributed by atoms with Gasteiger partial charge in [-0.15, -0.1) is 11.8 Å². The zero-order valence-electron chi connectivity index (χ0n) is 9.18. The summed E-state index contributed by atoms with van der Waals surface area (Å²) in [5, 5.41) is 0. The predicted molar refractivity (Wildman–Crippen MR) is 57.6 cm³/mol. The van der Waals surface area contributed by atoms with Gasteiger partial charge in [-0.2, -0.15) is 0 Å². The van der Waals surface area contributed by atoms with Crippen molar-refractivity contribution < 1.29 is 4.74 Å². The quantitative estimate of drug-likeness (QED) is 0.613. The minimum Gasteiger partial charge on any atom is -0.362 e. The Hall–Kier alpha value is 0.310. The highest BCUT2D eigenvalue weighted by atomic mass is 32.2. The smallest absolute Gasteiger partial charge is 0.108 e. The van der Waals surface area contributed by atoms with E-state index in [0.29, 0.717) is 6.10 Å². The Balaban J connectivity index is 3.71. The molecule has 0 atom stereocenters. The van der Waals surface area contributed by atoms with Gasteiger partial charge in [-0.1, -0.05) is 13.8 Å². The molecule has 0 rings (SSSR count). The van der Waals surface area contributed by atoms with Gasteiger partial charge in [0.15, 0.2) is 0 Å². The molecule has 0 unspecified atom stereocenters. The Kier molecular flexibility index (Phi) is 5.26. The first-order valence-corrected chi connectivity index (χ1v) is 5.64. The van der Waals surface area contributed by atoms with Crippen LogP contribution in [0, 0.1) is 5.92 Å². The largest absolute Gasteiger partial charge is 0.362 e. The third-order valence-corrected chi connectivity index (χ3v) is 2.91. The fourth-order valence-corrected chi connectivity index (χ4v) is 1.96. The number of ether oxygens (including phenoxy) is 1. The van der Waals surface area contributed by atoms with Crippen molar-refractivity contribution in [2.45, 2.75) is 52.6 Å². The van der Waals surface area contributed by atoms with Crippen LogP contribution in [0.3, 0.4) is 0 Å². The molecule has 74 valence electrons. The average molecular weight is 190 g/mol. The van der Waals surface area contributed by atoms with Gasteiger partial charge in [0.05, 0.1) is 6.10 Å². The molecule has 0 fully saturated rings. The van der Waals surface area contributed by atoms with Crippen molar-refractivity contribution in [3.05, 3.63) is 0 Å². The maximum atomic E-state index is 5.75. The second-order valence-electron chi connectivity index (χ2n) is 4.27. The summed E-state index contributed by atoms with van der Waals surface area (Å²) in [6.07, 6.45) is 0.319. The SMILES string of the molecule is CC(C)CSC(C)(C)OC(C)C. The van der Waals surface area contributed by atoms with Crippen molar-refractivity contribution in [2.24, 2.45) is 5.92 Å². The van der Waals surface area contributed by atoms with Crippen molar-refractivity contribution in [1.82, 2.24) is 0 Å². The van der Waals surface area contributed by atoms with Crippen molar-refractivity contribution in [3.63, 3.8) is 0 Å². The molecular formula is C10H22OS. The summed E-state index contributed by atoms with van der Waals surface area (Å²) in [7, 11) is 0. The molecule has 0 saturated heterocycles. The molecule has 0 bridgehead atoms. The molecule has 0 aliphatic rings. The third-order valence-electron chi connectivity index (χ3n) is 1.28. The number of hydrogen-bond donors (Lipinski definition) is 0. The monoisotopic (exact) mass is 190 g/mol. The molecule has 1 nitrogen and oxygen atoms in total. The van der Waals surface area contributed by atoms with E-state index in [-0.39, 0.29) is 4.93 Å². The van der Waals surface area contributed by atoms with Crippen LogP contribution in [0.1, 0.15) is 41.5 Å². The van der Waals surface area contributed by atoms with Crippen molar-refractivity contribution in [1.29, 1.82) is 0 Å². The highest BCUT2D eigenvalue weighted by Gasteiger charge is 2.20. The Morgan fingerprint density at radius 2 is 1.67 bits per heavy atom. The summed E-state index contributed by atoms with van der Waals surface area (Å²) in [6, 6.07) is 0. The normalized spacial score (nSPS) is 13.0. The molecule has 0 aromatic carbocycles. The van der Waals surface area contributed by atoms with Crippen LogP contribution >= 0.6 is 11.8 Å². The van der Waals surface area contributed by atoms with Gasteiger partial charge in [0, 0.05) is 0 Å². The fourth-order valence-electron chi connectivity index (χ4n) is 0.969. The van der Waals surface area contributed by atoms with Crippen LogP contribution in [-0.4, -0.2) is 16.8 Å². The Bertz CT molecular complexity index is 119. The molecule has 0 N–H and O–H groups in total. The first-order chi connectivity index (χ1) is 5.33. The van der Waals surface area contributed by atoms with E-state index in [0.717, 1.165) is 5.92 Å². The number of rotatable bonds is 5. The fraction of sp³-hybridized carbons (Fsp3) is 1.00. The Morgan fingerprint density at radius 1 is 1.17 bits per heavy atom. The average Bonchev–Trinajstić information content (AvgIpc) is 1.81. The molecule has 0 aromatic heterocycles. The van der Waals surface area contributed by atoms with E-state index in [9.17, 15) is 0 Å². The Labute approximate surface area is 81.3 Å². The van der Waals surface area contributed by atoms with Crippen LogP contribution in [0.15, 0.2) is 0 Å². The lowest BCUT2D eigenvalue weighted by molar-refractivity contribution is 0.00638. The first-order valence-electron chi connectivity index (χ1n) is 4.65. The van der Waals surface area contributed by atoms with Crippen LogP contribution in [-0.2, 0) is 4.74 Å². The lowest BCUT2D eigenvalue weighted by Gasteiger charge is -2.27. The maximum absolute atomic E-state index is 5.75. The third kappa shape index (κ3) is 6.99. The molecular weight excluding hydrogens is 168 g/mol. The van der Waals surface area contributed by atoms with E-state index in [1.807, 2.05) is 11.8 Å². The van der Waals surface area contributed by atoms with Crippen LogP contribution < -0.4 is 0 Å². The maximum Gasteiger partial charge on any atom is 0.108 e. The van der Waals surface area contributed by atoms with E-state index < -0.39 is 0 Å². The zero-order valence-corrected chi connectivity index (χ0v) is 9.99. The summed E-state index contributed by atoms with van der Waals surface area (Å²) in [5.41, 5.74) is 0. The van der Waals surface area contributed by atoms with E-state index in [1.165, 1.54) is 5.75 Å². The summed E-state index contributed by atoms with van der Waals surface area (Å²) in [4.78, 5) is -0.0293. The minimum absolute atomic E-state index is 0.0293. The van der Waals surface area contributed by atoms with E-state index in [2.05, 4.69) is 41.5 Å². The molecule has 0 amide bonds. The highest BCUT2D eigenvalue weighted by molar-refractivity contribution is 8.00. The number of thioether (sulfide) groups is 1. The molecule has 2 heteroatoms. The molecule has 0 radical (unpaired) electrons. The number of hydrogen-bond acceptors (Lipinski definition) is 2. The topological polar surface area (TPSA) is 9.23 Å². The molecule has 0 saturated carbocycles. The van der Waals surface area contributed by atoms with Gasteiger partial charge >= 0.3 is 0 Å². The van der Waals surface area contributed by atoms with E-state index in [4.69, 9.17) is 4.74 Å². The lowest BCUT2D eigenvalue weighted by Crippen LogP contribution is -2.25. The zero-order chi connectivity index (χ0) is 9.78. The summed E-state index contributed by atoms with van der Waals surface area (Å²) in [5.74, 6) is 1.91. The molecule has 0 aromatic rings. The van der Waals surface area contributed by atoms with Crippen LogP contribution in [0.4, 0.5) is 0 Å². The van der Waals surface area contributed by atoms with Gasteiger partial charge in [-0.25, -0.2) is 0 Å². The molecule has 12 heavy (non-hydrogen) atoms. The van der Waals surface area contributed by atoms with E-state index >= 15 is 0 Å². The van der Waals surface area contributed by atoms with Gasteiger partial charge < -0.3 is 4.74 Å². The highest BCUT2D eigenvalue weighted by Crippen LogP contribution is 2.28. The van der Waals surface area contributed by atoms with Crippen LogP contribution in [0.2, 0.25) is 0 Å². The van der Waals surface area contributed by atoms with Gasteiger partial charge in [0.1, 0.15) is 4.93 Å². The summed E-state index contributed by atoms with van der Waals surface area (Å²) < 4.78 is 5.75. The molecule has 0 aliphatic carbocycles. The minimum atomic E-state index is -0.0293. The van der Waals surface area contributed by atoms with Gasteiger partial charge in [0.2, 0.25) is 0 Å². The van der Waals surface area contributed by atoms with Crippen molar-refractivity contribution in [2.75, 3.05) is 5.75 Å². The first kappa shape index (κ1) is 12.3. The lowest BCUT2D eigenvalue weighted by atomic mass is 10.3. The van der Waals surface area contributed by atoms with Crippen LogP contribution in [0.25, 0.3) is 0 Å². The predicted octanol–water partition coefficient (Wildman–Crippen LogP) is 3.54. The molecule has 0 aliphatic heterocycles. The second-order valence-corrected chi connectivity index (χ2v) is 5.88. The standard InChI is InChI=1S/C10H22OS/c1-8(2)7-12-10(5,6)11-9(3)4/h8-9H,7H2,1-6H3.